The van der Waals surface area contributed by atoms with Crippen LogP contribution in [-0.4, -0.2) is 24.5 Å². The molecule has 0 aromatic carbocycles. The first kappa shape index (κ1) is 10.9. The number of ketones is 1. The van der Waals surface area contributed by atoms with Crippen molar-refractivity contribution >= 4 is 5.78 Å². The number of pyridine rings is 1. The lowest BCUT2D eigenvalue weighted by Crippen LogP contribution is -2.12. The Morgan fingerprint density at radius 3 is 2.93 bits per heavy atom. The van der Waals surface area contributed by atoms with Crippen LogP contribution in [0.4, 0.5) is 0 Å². The molecule has 0 aliphatic rings. The number of Topliss-reactive ketones (excluding diaryl/α,β-unsaturated/α-hetero) is 1. The van der Waals surface area contributed by atoms with E-state index in [0.29, 0.717) is 13.0 Å². The molecule has 76 valence electrons. The van der Waals surface area contributed by atoms with Gasteiger partial charge in [-0.2, -0.15) is 0 Å². The second-order valence-corrected chi connectivity index (χ2v) is 3.19. The Hall–Kier alpha value is -1.22. The van der Waals surface area contributed by atoms with E-state index in [9.17, 15) is 4.79 Å². The number of rotatable bonds is 5. The molecule has 0 saturated heterocycles. The SMILES string of the molecule is COCCC(=O)C(C)c1ccccn1. The maximum Gasteiger partial charge on any atom is 0.143 e. The van der Waals surface area contributed by atoms with E-state index in [1.54, 1.807) is 13.3 Å². The van der Waals surface area contributed by atoms with Crippen molar-refractivity contribution in [2.24, 2.45) is 0 Å². The summed E-state index contributed by atoms with van der Waals surface area (Å²) in [6.07, 6.45) is 2.16. The summed E-state index contributed by atoms with van der Waals surface area (Å²) in [5, 5.41) is 0. The number of aromatic nitrogens is 1. The molecule has 0 bridgehead atoms. The summed E-state index contributed by atoms with van der Waals surface area (Å²) in [7, 11) is 1.60. The molecule has 3 heteroatoms. The van der Waals surface area contributed by atoms with Crippen LogP contribution in [-0.2, 0) is 9.53 Å². The summed E-state index contributed by atoms with van der Waals surface area (Å²) in [5.41, 5.74) is 0.827. The lowest BCUT2D eigenvalue weighted by molar-refractivity contribution is -0.121. The Morgan fingerprint density at radius 2 is 2.36 bits per heavy atom. The summed E-state index contributed by atoms with van der Waals surface area (Å²) >= 11 is 0. The van der Waals surface area contributed by atoms with Crippen molar-refractivity contribution < 1.29 is 9.53 Å². The molecule has 0 N–H and O–H groups in total. The predicted molar refractivity (Wildman–Crippen MR) is 54.2 cm³/mol. The van der Waals surface area contributed by atoms with Crippen LogP contribution in [0.25, 0.3) is 0 Å². The summed E-state index contributed by atoms with van der Waals surface area (Å²) < 4.78 is 4.86. The molecule has 14 heavy (non-hydrogen) atoms. The minimum absolute atomic E-state index is 0.133. The van der Waals surface area contributed by atoms with Crippen LogP contribution < -0.4 is 0 Å². The predicted octanol–water partition coefficient (Wildman–Crippen LogP) is 1.79. The number of nitrogens with zero attached hydrogens (tertiary/aromatic N) is 1. The highest BCUT2D eigenvalue weighted by Gasteiger charge is 2.15. The molecule has 1 unspecified atom stereocenters. The zero-order chi connectivity index (χ0) is 10.4. The quantitative estimate of drug-likeness (QED) is 0.715. The number of hydrogen-bond donors (Lipinski definition) is 0. The van der Waals surface area contributed by atoms with Gasteiger partial charge in [0.25, 0.3) is 0 Å². The number of carbonyl (C=O) groups excluding carboxylic acids is 1. The van der Waals surface area contributed by atoms with Gasteiger partial charge in [-0.25, -0.2) is 0 Å². The van der Waals surface area contributed by atoms with E-state index in [1.807, 2.05) is 25.1 Å². The van der Waals surface area contributed by atoms with Crippen LogP contribution >= 0.6 is 0 Å². The maximum absolute atomic E-state index is 11.6. The fraction of sp³-hybridized carbons (Fsp3) is 0.455. The molecule has 1 rings (SSSR count). The number of methoxy groups -OCH3 is 1. The van der Waals surface area contributed by atoms with Gasteiger partial charge in [-0.15, -0.1) is 0 Å². The molecule has 3 nitrogen and oxygen atoms in total. The van der Waals surface area contributed by atoms with Crippen molar-refractivity contribution in [3.63, 3.8) is 0 Å². The maximum atomic E-state index is 11.6. The van der Waals surface area contributed by atoms with Crippen molar-refractivity contribution in [3.8, 4) is 0 Å². The van der Waals surface area contributed by atoms with E-state index in [-0.39, 0.29) is 11.7 Å². The van der Waals surface area contributed by atoms with Crippen molar-refractivity contribution in [2.75, 3.05) is 13.7 Å². The Balaban J connectivity index is 2.57. The molecule has 1 aromatic heterocycles. The lowest BCUT2D eigenvalue weighted by atomic mass is 10.00. The zero-order valence-corrected chi connectivity index (χ0v) is 8.56. The molecule has 0 amide bonds. The van der Waals surface area contributed by atoms with Gasteiger partial charge in [0.1, 0.15) is 5.78 Å². The smallest absolute Gasteiger partial charge is 0.143 e. The summed E-state index contributed by atoms with van der Waals surface area (Å²) in [4.78, 5) is 15.7. The van der Waals surface area contributed by atoms with Crippen LogP contribution in [0, 0.1) is 0 Å². The third-order valence-electron chi connectivity index (χ3n) is 2.17. The minimum atomic E-state index is -0.133. The van der Waals surface area contributed by atoms with E-state index in [4.69, 9.17) is 4.74 Å². The molecule has 1 heterocycles. The number of carbonyl (C=O) groups is 1. The molecule has 1 atom stereocenters. The Labute approximate surface area is 84.1 Å². The normalized spacial score (nSPS) is 12.4. The van der Waals surface area contributed by atoms with Gasteiger partial charge in [-0.1, -0.05) is 6.07 Å². The summed E-state index contributed by atoms with van der Waals surface area (Å²) in [6.45, 7) is 2.36. The molecule has 0 radical (unpaired) electrons. The van der Waals surface area contributed by atoms with E-state index in [2.05, 4.69) is 4.98 Å². The van der Waals surface area contributed by atoms with Gasteiger partial charge < -0.3 is 4.74 Å². The average Bonchev–Trinajstić information content (AvgIpc) is 2.26. The first-order valence-electron chi connectivity index (χ1n) is 4.68. The van der Waals surface area contributed by atoms with E-state index < -0.39 is 0 Å². The Bertz CT molecular complexity index is 285. The third kappa shape index (κ3) is 2.92. The van der Waals surface area contributed by atoms with Crippen LogP contribution in [0.3, 0.4) is 0 Å². The van der Waals surface area contributed by atoms with Crippen molar-refractivity contribution in [3.05, 3.63) is 30.1 Å². The average molecular weight is 193 g/mol. The number of ether oxygens (including phenoxy) is 1. The minimum Gasteiger partial charge on any atom is -0.384 e. The van der Waals surface area contributed by atoms with Crippen molar-refractivity contribution in [1.29, 1.82) is 0 Å². The Kier molecular flexibility index (Phi) is 4.26. The van der Waals surface area contributed by atoms with Crippen molar-refractivity contribution in [2.45, 2.75) is 19.3 Å². The Morgan fingerprint density at radius 1 is 1.57 bits per heavy atom. The largest absolute Gasteiger partial charge is 0.384 e. The van der Waals surface area contributed by atoms with Crippen LogP contribution in [0.2, 0.25) is 0 Å². The van der Waals surface area contributed by atoms with Crippen molar-refractivity contribution in [1.82, 2.24) is 4.98 Å². The fourth-order valence-electron chi connectivity index (χ4n) is 1.22. The zero-order valence-electron chi connectivity index (χ0n) is 8.56. The third-order valence-corrected chi connectivity index (χ3v) is 2.17. The van der Waals surface area contributed by atoms with Crippen LogP contribution in [0.15, 0.2) is 24.4 Å². The van der Waals surface area contributed by atoms with E-state index >= 15 is 0 Å². The van der Waals surface area contributed by atoms with Gasteiger partial charge in [0.05, 0.1) is 18.2 Å². The molecular weight excluding hydrogens is 178 g/mol. The topological polar surface area (TPSA) is 39.2 Å². The molecule has 0 aliphatic heterocycles. The highest BCUT2D eigenvalue weighted by molar-refractivity contribution is 5.84. The molecule has 1 aromatic rings. The summed E-state index contributed by atoms with van der Waals surface area (Å²) in [6, 6.07) is 5.60. The van der Waals surface area contributed by atoms with Gasteiger partial charge in [0.2, 0.25) is 0 Å². The molecule has 0 aliphatic carbocycles. The summed E-state index contributed by atoms with van der Waals surface area (Å²) in [5.74, 6) is 0.0388. The van der Waals surface area contributed by atoms with Gasteiger partial charge in [-0.3, -0.25) is 9.78 Å². The highest BCUT2D eigenvalue weighted by atomic mass is 16.5. The molecule has 0 saturated carbocycles. The van der Waals surface area contributed by atoms with Crippen LogP contribution in [0.5, 0.6) is 0 Å². The first-order valence-corrected chi connectivity index (χ1v) is 4.68. The van der Waals surface area contributed by atoms with Crippen LogP contribution in [0.1, 0.15) is 25.0 Å². The van der Waals surface area contributed by atoms with Gasteiger partial charge in [0, 0.05) is 19.7 Å². The fourth-order valence-corrected chi connectivity index (χ4v) is 1.22. The molecular formula is C11H15NO2. The van der Waals surface area contributed by atoms with E-state index in [0.717, 1.165) is 5.69 Å². The van der Waals surface area contributed by atoms with Gasteiger partial charge >= 0.3 is 0 Å². The highest BCUT2D eigenvalue weighted by Crippen LogP contribution is 2.14. The second-order valence-electron chi connectivity index (χ2n) is 3.19. The first-order chi connectivity index (χ1) is 6.75. The van der Waals surface area contributed by atoms with Gasteiger partial charge in [-0.05, 0) is 19.1 Å². The van der Waals surface area contributed by atoms with Gasteiger partial charge in [0.15, 0.2) is 0 Å². The monoisotopic (exact) mass is 193 g/mol. The molecule has 0 fully saturated rings. The standard InChI is InChI=1S/C11H15NO2/c1-9(11(13)6-8-14-2)10-5-3-4-7-12-10/h3-5,7,9H,6,8H2,1-2H3. The van der Waals surface area contributed by atoms with E-state index in [1.165, 1.54) is 0 Å². The second kappa shape index (κ2) is 5.50. The number of hydrogen-bond acceptors (Lipinski definition) is 3. The lowest BCUT2D eigenvalue weighted by Gasteiger charge is -2.08. The molecule has 0 spiro atoms.